The second kappa shape index (κ2) is 13.9. The van der Waals surface area contributed by atoms with Crippen molar-refractivity contribution in [1.29, 1.82) is 0 Å². The number of hydrazine groups is 1. The lowest BCUT2D eigenvalue weighted by Crippen LogP contribution is -2.65. The van der Waals surface area contributed by atoms with Crippen molar-refractivity contribution in [2.24, 2.45) is 39.8 Å². The van der Waals surface area contributed by atoms with Crippen LogP contribution in [0, 0.1) is 39.2 Å². The molecule has 0 spiro atoms. The molecule has 6 N–H and O–H groups in total. The van der Waals surface area contributed by atoms with E-state index in [9.17, 15) is 19.7 Å². The van der Waals surface area contributed by atoms with E-state index in [1.165, 1.54) is 0 Å². The summed E-state index contributed by atoms with van der Waals surface area (Å²) in [6.45, 7) is 12.7. The van der Waals surface area contributed by atoms with Crippen molar-refractivity contribution in [3.63, 3.8) is 0 Å². The summed E-state index contributed by atoms with van der Waals surface area (Å²) in [5.41, 5.74) is 7.15. The molecule has 0 unspecified atom stereocenters. The lowest BCUT2D eigenvalue weighted by atomic mass is 9.43. The van der Waals surface area contributed by atoms with E-state index in [-0.39, 0.29) is 66.6 Å². The van der Waals surface area contributed by atoms with Gasteiger partial charge in [0.05, 0.1) is 17.6 Å². The molecule has 2 heterocycles. The highest BCUT2D eigenvalue weighted by Gasteiger charge is 2.68. The van der Waals surface area contributed by atoms with Crippen LogP contribution in [-0.2, 0) is 18.9 Å². The minimum atomic E-state index is -0.794. The molecule has 0 aromatic carbocycles. The highest BCUT2D eigenvalue weighted by molar-refractivity contribution is 6.48. The SMILES string of the molecule is C.CC(C)C[C@H](NC(=O)[C@H](CCCN=C(N)N[N+](=O)[O-])NC(=O)C1CCNCC1)B1O[C@@H]2C[C@@H]3C[C@@H](C3(C)C)[C@]2(C)O1. The minimum absolute atomic E-state index is 0. The van der Waals surface area contributed by atoms with E-state index in [0.717, 1.165) is 25.9 Å². The molecule has 14 heteroatoms. The van der Waals surface area contributed by atoms with Crippen molar-refractivity contribution >= 4 is 24.9 Å². The second-order valence-corrected chi connectivity index (χ2v) is 13.4. The zero-order valence-corrected chi connectivity index (χ0v) is 25.1. The zero-order chi connectivity index (χ0) is 29.9. The third-order valence-electron chi connectivity index (χ3n) is 9.83. The van der Waals surface area contributed by atoms with Crippen LogP contribution in [0.1, 0.15) is 87.0 Å². The molecule has 5 rings (SSSR count). The molecule has 0 aromatic rings. The molecule has 2 amide bonds. The zero-order valence-electron chi connectivity index (χ0n) is 25.1. The topological polar surface area (TPSA) is 182 Å². The number of aliphatic imine (C=N–C) groups is 1. The quantitative estimate of drug-likeness (QED) is 0.0562. The van der Waals surface area contributed by atoms with E-state index in [0.29, 0.717) is 43.9 Å². The van der Waals surface area contributed by atoms with Crippen molar-refractivity contribution in [2.45, 2.75) is 111 Å². The highest BCUT2D eigenvalue weighted by Crippen LogP contribution is 2.65. The van der Waals surface area contributed by atoms with Gasteiger partial charge in [-0.1, -0.05) is 40.5 Å². The van der Waals surface area contributed by atoms with Crippen LogP contribution in [0.15, 0.2) is 4.99 Å². The van der Waals surface area contributed by atoms with Gasteiger partial charge in [-0.3, -0.25) is 9.59 Å². The number of piperidine rings is 1. The van der Waals surface area contributed by atoms with E-state index in [2.05, 4.69) is 55.6 Å². The number of nitrogens with two attached hydrogens (primary N) is 1. The van der Waals surface area contributed by atoms with Gasteiger partial charge in [0, 0.05) is 12.5 Å². The normalized spacial score (nSPS) is 29.9. The van der Waals surface area contributed by atoms with E-state index in [1.807, 2.05) is 0 Å². The van der Waals surface area contributed by atoms with Gasteiger partial charge in [0.15, 0.2) is 5.03 Å². The Hall–Kier alpha value is -2.45. The summed E-state index contributed by atoms with van der Waals surface area (Å²) in [4.78, 5) is 41.4. The Bertz CT molecular complexity index is 1010. The van der Waals surface area contributed by atoms with Gasteiger partial charge in [-0.25, -0.2) is 15.1 Å². The molecule has 6 atom stereocenters. The summed E-state index contributed by atoms with van der Waals surface area (Å²) in [5.74, 6) is 0.0402. The van der Waals surface area contributed by atoms with Gasteiger partial charge in [0.1, 0.15) is 6.04 Å². The standard InChI is InChI=1S/C27H48BN7O6.CH4/c1-16(2)13-22(28-40-21-15-18-14-20(26(18,3)4)27(21,5)41-28)33-24(37)19(7-6-10-31-25(29)34-35(38)39)32-23(36)17-8-11-30-12-9-17;/h16-22,30H,6-15H2,1-5H3,(H,32,36)(H,33,37)(H3,29,31,34);1H4/t18-,19-,20-,21+,22-,27-;/m0./s1. The van der Waals surface area contributed by atoms with Crippen LogP contribution in [-0.4, -0.2) is 73.2 Å². The summed E-state index contributed by atoms with van der Waals surface area (Å²) in [5, 5.41) is 19.2. The van der Waals surface area contributed by atoms with Gasteiger partial charge in [-0.2, -0.15) is 0 Å². The van der Waals surface area contributed by atoms with Crippen LogP contribution in [0.25, 0.3) is 0 Å². The molecule has 2 saturated heterocycles. The molecule has 5 aliphatic rings. The van der Waals surface area contributed by atoms with Crippen LogP contribution in [0.4, 0.5) is 0 Å². The first kappa shape index (κ1) is 34.0. The summed E-state index contributed by atoms with van der Waals surface area (Å²) in [6, 6.07) is -0.794. The van der Waals surface area contributed by atoms with Gasteiger partial charge in [0.2, 0.25) is 11.8 Å². The number of amides is 2. The number of rotatable bonds is 12. The third kappa shape index (κ3) is 7.54. The van der Waals surface area contributed by atoms with Gasteiger partial charge in [-0.15, -0.1) is 0 Å². The molecule has 5 fully saturated rings. The molecule has 2 aliphatic heterocycles. The molecule has 0 aromatic heterocycles. The number of nitro groups is 1. The summed E-state index contributed by atoms with van der Waals surface area (Å²) in [6.07, 6.45) is 4.90. The predicted molar refractivity (Wildman–Crippen MR) is 162 cm³/mol. The Kier molecular flexibility index (Phi) is 11.3. The van der Waals surface area contributed by atoms with Crippen LogP contribution in [0.2, 0.25) is 0 Å². The van der Waals surface area contributed by atoms with Crippen LogP contribution in [0.5, 0.6) is 0 Å². The van der Waals surface area contributed by atoms with Crippen LogP contribution in [0.3, 0.4) is 0 Å². The summed E-state index contributed by atoms with van der Waals surface area (Å²) >= 11 is 0. The maximum absolute atomic E-state index is 13.7. The smallest absolute Gasteiger partial charge is 0.404 e. The lowest BCUT2D eigenvalue weighted by Gasteiger charge is -2.64. The number of carbonyl (C=O) groups excluding carboxylic acids is 2. The summed E-state index contributed by atoms with van der Waals surface area (Å²) < 4.78 is 13.2. The van der Waals surface area contributed by atoms with Gasteiger partial charge < -0.3 is 31.0 Å². The molecule has 3 saturated carbocycles. The number of carbonyl (C=O) groups is 2. The van der Waals surface area contributed by atoms with Crippen LogP contribution < -0.4 is 27.1 Å². The van der Waals surface area contributed by atoms with E-state index in [1.54, 1.807) is 5.43 Å². The second-order valence-electron chi connectivity index (χ2n) is 13.4. The Labute approximate surface area is 250 Å². The highest BCUT2D eigenvalue weighted by atomic mass is 16.7. The van der Waals surface area contributed by atoms with Crippen molar-refractivity contribution < 1.29 is 23.9 Å². The van der Waals surface area contributed by atoms with Gasteiger partial charge in [0.25, 0.3) is 5.96 Å². The minimum Gasteiger partial charge on any atom is -0.404 e. The molecule has 13 nitrogen and oxygen atoms in total. The maximum Gasteiger partial charge on any atom is 0.481 e. The van der Waals surface area contributed by atoms with E-state index >= 15 is 0 Å². The lowest BCUT2D eigenvalue weighted by molar-refractivity contribution is -0.525. The number of nitrogens with one attached hydrogen (secondary N) is 4. The molecular formula is C28H52BN7O6. The molecular weight excluding hydrogens is 541 g/mol. The number of guanidine groups is 1. The first-order chi connectivity index (χ1) is 19.3. The number of hydrogen-bond donors (Lipinski definition) is 5. The van der Waals surface area contributed by atoms with Crippen LogP contribution >= 0.6 is 0 Å². The first-order valence-electron chi connectivity index (χ1n) is 15.2. The largest absolute Gasteiger partial charge is 0.481 e. The molecule has 238 valence electrons. The predicted octanol–water partition coefficient (Wildman–Crippen LogP) is 1.78. The van der Waals surface area contributed by atoms with Gasteiger partial charge in [-0.05, 0) is 88.1 Å². The fraction of sp³-hybridized carbons (Fsp3) is 0.893. The average Bonchev–Trinajstić information content (AvgIpc) is 3.26. The first-order valence-corrected chi connectivity index (χ1v) is 15.2. The monoisotopic (exact) mass is 593 g/mol. The van der Waals surface area contributed by atoms with Crippen molar-refractivity contribution in [3.05, 3.63) is 10.1 Å². The third-order valence-corrected chi connectivity index (χ3v) is 9.83. The average molecular weight is 594 g/mol. The maximum atomic E-state index is 13.7. The number of hydrogen-bond acceptors (Lipinski definition) is 8. The number of nitrogens with zero attached hydrogens (tertiary/aromatic N) is 2. The fourth-order valence-electron chi connectivity index (χ4n) is 7.37. The molecule has 3 aliphatic carbocycles. The van der Waals surface area contributed by atoms with Crippen molar-refractivity contribution in [1.82, 2.24) is 21.4 Å². The molecule has 42 heavy (non-hydrogen) atoms. The summed E-state index contributed by atoms with van der Waals surface area (Å²) in [7, 11) is -0.565. The Balaban J connectivity index is 0.00000484. The Morgan fingerprint density at radius 2 is 1.88 bits per heavy atom. The van der Waals surface area contributed by atoms with Crippen molar-refractivity contribution in [2.75, 3.05) is 19.6 Å². The van der Waals surface area contributed by atoms with E-state index < -0.39 is 18.2 Å². The molecule has 0 radical (unpaired) electrons. The molecule has 2 bridgehead atoms. The van der Waals surface area contributed by atoms with Gasteiger partial charge >= 0.3 is 7.12 Å². The Morgan fingerprint density at radius 1 is 1.19 bits per heavy atom. The Morgan fingerprint density at radius 3 is 2.50 bits per heavy atom. The van der Waals surface area contributed by atoms with Crippen molar-refractivity contribution in [3.8, 4) is 0 Å². The van der Waals surface area contributed by atoms with E-state index in [4.69, 9.17) is 15.0 Å². The fourth-order valence-corrected chi connectivity index (χ4v) is 7.37.